The largest absolute Gasteiger partial charge is 0.395 e. The van der Waals surface area contributed by atoms with Crippen LogP contribution >= 0.6 is 0 Å². The molecule has 112 valence electrons. The number of nitrogens with one attached hydrogen (secondary N) is 2. The van der Waals surface area contributed by atoms with Gasteiger partial charge in [-0.05, 0) is 30.7 Å². The first-order valence-electron chi connectivity index (χ1n) is 6.83. The number of aliphatic hydroxyl groups is 1. The summed E-state index contributed by atoms with van der Waals surface area (Å²) in [5.41, 5.74) is 3.46. The van der Waals surface area contributed by atoms with Gasteiger partial charge in [-0.25, -0.2) is 0 Å². The van der Waals surface area contributed by atoms with E-state index < -0.39 is 0 Å². The fraction of sp³-hybridized carbons (Fsp3) is 0.333. The van der Waals surface area contributed by atoms with Gasteiger partial charge in [-0.15, -0.1) is 0 Å². The standard InChI is InChI=1S/C15H20N4O2/c1-11-13(15(21)16-8-9-20)4-3-5-14(11)17-10-12-6-7-18-19(12)2/h3-7,17,20H,8-10H2,1-2H3,(H,16,21). The lowest BCUT2D eigenvalue weighted by Crippen LogP contribution is -2.27. The fourth-order valence-electron chi connectivity index (χ4n) is 2.10. The zero-order valence-corrected chi connectivity index (χ0v) is 12.3. The minimum atomic E-state index is -0.175. The molecule has 0 bridgehead atoms. The molecule has 3 N–H and O–H groups in total. The summed E-state index contributed by atoms with van der Waals surface area (Å²) in [6.07, 6.45) is 1.75. The van der Waals surface area contributed by atoms with Crippen molar-refractivity contribution in [2.45, 2.75) is 13.5 Å². The topological polar surface area (TPSA) is 79.2 Å². The van der Waals surface area contributed by atoms with Gasteiger partial charge in [0.05, 0.1) is 18.8 Å². The number of anilines is 1. The summed E-state index contributed by atoms with van der Waals surface area (Å²) in [6.45, 7) is 2.73. The van der Waals surface area contributed by atoms with Gasteiger partial charge < -0.3 is 15.7 Å². The maximum absolute atomic E-state index is 12.0. The Labute approximate surface area is 123 Å². The molecule has 0 aliphatic rings. The molecule has 6 heteroatoms. The van der Waals surface area contributed by atoms with E-state index in [1.807, 2.05) is 32.2 Å². The highest BCUT2D eigenvalue weighted by Gasteiger charge is 2.11. The van der Waals surface area contributed by atoms with Crippen molar-refractivity contribution in [1.82, 2.24) is 15.1 Å². The van der Waals surface area contributed by atoms with Crippen molar-refractivity contribution in [2.75, 3.05) is 18.5 Å². The number of aliphatic hydroxyl groups excluding tert-OH is 1. The first kappa shape index (κ1) is 15.1. The van der Waals surface area contributed by atoms with E-state index in [0.717, 1.165) is 16.9 Å². The fourth-order valence-corrected chi connectivity index (χ4v) is 2.10. The van der Waals surface area contributed by atoms with Crippen LogP contribution in [0.1, 0.15) is 21.6 Å². The van der Waals surface area contributed by atoms with Crippen LogP contribution in [0.4, 0.5) is 5.69 Å². The van der Waals surface area contributed by atoms with Gasteiger partial charge in [-0.2, -0.15) is 5.10 Å². The number of aromatic nitrogens is 2. The summed E-state index contributed by atoms with van der Waals surface area (Å²) < 4.78 is 1.81. The van der Waals surface area contributed by atoms with Crippen LogP contribution in [-0.2, 0) is 13.6 Å². The molecule has 1 amide bonds. The Balaban J connectivity index is 2.10. The van der Waals surface area contributed by atoms with Crippen LogP contribution in [0.15, 0.2) is 30.5 Å². The van der Waals surface area contributed by atoms with Crippen LogP contribution in [0.25, 0.3) is 0 Å². The van der Waals surface area contributed by atoms with Gasteiger partial charge in [0, 0.05) is 31.0 Å². The molecule has 0 unspecified atom stereocenters. The van der Waals surface area contributed by atoms with Gasteiger partial charge >= 0.3 is 0 Å². The number of aryl methyl sites for hydroxylation is 1. The summed E-state index contributed by atoms with van der Waals surface area (Å²) in [5, 5.41) is 18.9. The number of amides is 1. The Hall–Kier alpha value is -2.34. The smallest absolute Gasteiger partial charge is 0.251 e. The predicted octanol–water partition coefficient (Wildman–Crippen LogP) is 1.06. The monoisotopic (exact) mass is 288 g/mol. The molecule has 2 rings (SSSR count). The molecule has 1 heterocycles. The van der Waals surface area contributed by atoms with E-state index in [9.17, 15) is 4.79 Å². The average molecular weight is 288 g/mol. The molecule has 0 saturated heterocycles. The molecule has 0 aliphatic heterocycles. The first-order valence-corrected chi connectivity index (χ1v) is 6.83. The van der Waals surface area contributed by atoms with Crippen LogP contribution in [0.2, 0.25) is 0 Å². The summed E-state index contributed by atoms with van der Waals surface area (Å²) in [6, 6.07) is 7.50. The Kier molecular flexibility index (Phi) is 4.94. The molecule has 0 fully saturated rings. The summed E-state index contributed by atoms with van der Waals surface area (Å²) in [7, 11) is 1.89. The molecule has 1 aromatic carbocycles. The highest BCUT2D eigenvalue weighted by molar-refractivity contribution is 5.97. The molecule has 0 spiro atoms. The Morgan fingerprint density at radius 1 is 1.38 bits per heavy atom. The van der Waals surface area contributed by atoms with Gasteiger partial charge in [-0.1, -0.05) is 6.07 Å². The lowest BCUT2D eigenvalue weighted by Gasteiger charge is -2.13. The van der Waals surface area contributed by atoms with E-state index in [1.165, 1.54) is 0 Å². The van der Waals surface area contributed by atoms with Crippen LogP contribution in [0.5, 0.6) is 0 Å². The summed E-state index contributed by atoms with van der Waals surface area (Å²) >= 11 is 0. The van der Waals surface area contributed by atoms with Crippen LogP contribution in [0.3, 0.4) is 0 Å². The van der Waals surface area contributed by atoms with Crippen molar-refractivity contribution in [3.8, 4) is 0 Å². The second-order valence-electron chi connectivity index (χ2n) is 4.76. The average Bonchev–Trinajstić information content (AvgIpc) is 2.89. The molecule has 0 radical (unpaired) electrons. The van der Waals surface area contributed by atoms with Gasteiger partial charge in [0.1, 0.15) is 0 Å². The molecule has 2 aromatic rings. The lowest BCUT2D eigenvalue weighted by molar-refractivity contribution is 0.0944. The highest BCUT2D eigenvalue weighted by Crippen LogP contribution is 2.19. The third-order valence-electron chi connectivity index (χ3n) is 3.36. The Bertz CT molecular complexity index is 622. The van der Waals surface area contributed by atoms with Gasteiger partial charge in [0.15, 0.2) is 0 Å². The Morgan fingerprint density at radius 3 is 2.86 bits per heavy atom. The summed E-state index contributed by atoms with van der Waals surface area (Å²) in [4.78, 5) is 12.0. The molecule has 0 atom stereocenters. The molecular formula is C15H20N4O2. The van der Waals surface area contributed by atoms with E-state index in [4.69, 9.17) is 5.11 Å². The number of hydrogen-bond acceptors (Lipinski definition) is 4. The van der Waals surface area contributed by atoms with Crippen molar-refractivity contribution in [3.05, 3.63) is 47.3 Å². The van der Waals surface area contributed by atoms with Crippen molar-refractivity contribution < 1.29 is 9.90 Å². The van der Waals surface area contributed by atoms with E-state index in [2.05, 4.69) is 15.7 Å². The number of carbonyl (C=O) groups is 1. The minimum Gasteiger partial charge on any atom is -0.395 e. The number of carbonyl (C=O) groups excluding carboxylic acids is 1. The van der Waals surface area contributed by atoms with Crippen molar-refractivity contribution in [1.29, 1.82) is 0 Å². The molecule has 0 aliphatic carbocycles. The van der Waals surface area contributed by atoms with E-state index >= 15 is 0 Å². The quantitative estimate of drug-likeness (QED) is 0.742. The number of hydrogen-bond donors (Lipinski definition) is 3. The molecule has 21 heavy (non-hydrogen) atoms. The maximum Gasteiger partial charge on any atom is 0.251 e. The highest BCUT2D eigenvalue weighted by atomic mass is 16.3. The van der Waals surface area contributed by atoms with Crippen molar-refractivity contribution >= 4 is 11.6 Å². The van der Waals surface area contributed by atoms with Crippen molar-refractivity contribution in [3.63, 3.8) is 0 Å². The second-order valence-corrected chi connectivity index (χ2v) is 4.76. The SMILES string of the molecule is Cc1c(NCc2ccnn2C)cccc1C(=O)NCCO. The lowest BCUT2D eigenvalue weighted by atomic mass is 10.1. The maximum atomic E-state index is 12.0. The molecule has 0 saturated carbocycles. The van der Waals surface area contributed by atoms with Crippen LogP contribution in [0, 0.1) is 6.92 Å². The normalized spacial score (nSPS) is 10.4. The van der Waals surface area contributed by atoms with E-state index in [0.29, 0.717) is 12.1 Å². The second kappa shape index (κ2) is 6.90. The van der Waals surface area contributed by atoms with Crippen LogP contribution < -0.4 is 10.6 Å². The number of rotatable bonds is 6. The number of nitrogens with zero attached hydrogens (tertiary/aromatic N) is 2. The third-order valence-corrected chi connectivity index (χ3v) is 3.36. The molecular weight excluding hydrogens is 268 g/mol. The Morgan fingerprint density at radius 2 is 2.19 bits per heavy atom. The van der Waals surface area contributed by atoms with Gasteiger partial charge in [0.2, 0.25) is 0 Å². The summed E-state index contributed by atoms with van der Waals surface area (Å²) in [5.74, 6) is -0.175. The van der Waals surface area contributed by atoms with E-state index in [1.54, 1.807) is 16.9 Å². The first-order chi connectivity index (χ1) is 10.1. The van der Waals surface area contributed by atoms with Crippen LogP contribution in [-0.4, -0.2) is 33.9 Å². The van der Waals surface area contributed by atoms with Gasteiger partial charge in [0.25, 0.3) is 5.91 Å². The van der Waals surface area contributed by atoms with E-state index in [-0.39, 0.29) is 19.1 Å². The predicted molar refractivity (Wildman–Crippen MR) is 81.1 cm³/mol. The number of benzene rings is 1. The van der Waals surface area contributed by atoms with Gasteiger partial charge in [-0.3, -0.25) is 9.48 Å². The third kappa shape index (κ3) is 3.61. The zero-order valence-electron chi connectivity index (χ0n) is 12.3. The zero-order chi connectivity index (χ0) is 15.2. The van der Waals surface area contributed by atoms with Crippen molar-refractivity contribution in [2.24, 2.45) is 7.05 Å². The molecule has 6 nitrogen and oxygen atoms in total. The molecule has 1 aromatic heterocycles. The minimum absolute atomic E-state index is 0.0663.